The summed E-state index contributed by atoms with van der Waals surface area (Å²) in [5.41, 5.74) is 2.74. The first kappa shape index (κ1) is 16.5. The standard InChI is InChI=1S/C18H20N2O4/c1-3-13(22)4-5-16(10(2)21)20-17(23)14-6-11-8-19-9-12(11)7-15(14)18(20)24/h6-7,16,19H,3-5,8-9H2,1-2H3. The van der Waals surface area contributed by atoms with Crippen LogP contribution in [0, 0.1) is 0 Å². The maximum atomic E-state index is 12.7. The zero-order chi connectivity index (χ0) is 17.4. The van der Waals surface area contributed by atoms with Gasteiger partial charge in [-0.15, -0.1) is 0 Å². The fourth-order valence-electron chi connectivity index (χ4n) is 3.33. The van der Waals surface area contributed by atoms with Gasteiger partial charge >= 0.3 is 0 Å². The lowest BCUT2D eigenvalue weighted by molar-refractivity contribution is -0.122. The van der Waals surface area contributed by atoms with E-state index in [0.717, 1.165) is 16.0 Å². The minimum atomic E-state index is -0.874. The highest BCUT2D eigenvalue weighted by atomic mass is 16.2. The number of fused-ring (bicyclic) bond motifs is 2. The summed E-state index contributed by atoms with van der Waals surface area (Å²) in [5.74, 6) is -1.13. The molecular weight excluding hydrogens is 308 g/mol. The van der Waals surface area contributed by atoms with Gasteiger partial charge in [-0.05, 0) is 36.6 Å². The Morgan fingerprint density at radius 2 is 1.67 bits per heavy atom. The number of carbonyl (C=O) groups is 4. The number of hydrogen-bond donors (Lipinski definition) is 1. The van der Waals surface area contributed by atoms with E-state index in [1.165, 1.54) is 6.92 Å². The third-order valence-corrected chi connectivity index (χ3v) is 4.74. The van der Waals surface area contributed by atoms with Gasteiger partial charge in [-0.25, -0.2) is 0 Å². The van der Waals surface area contributed by atoms with Crippen LogP contribution in [0.15, 0.2) is 12.1 Å². The first-order valence-electron chi connectivity index (χ1n) is 8.20. The van der Waals surface area contributed by atoms with Gasteiger partial charge in [0.15, 0.2) is 5.78 Å². The molecule has 0 radical (unpaired) electrons. The van der Waals surface area contributed by atoms with Crippen LogP contribution in [0.25, 0.3) is 0 Å². The van der Waals surface area contributed by atoms with Gasteiger partial charge in [0.1, 0.15) is 5.78 Å². The minimum absolute atomic E-state index is 0.0166. The molecule has 2 heterocycles. The van der Waals surface area contributed by atoms with Crippen molar-refractivity contribution in [1.29, 1.82) is 0 Å². The lowest BCUT2D eigenvalue weighted by atomic mass is 10.0. The van der Waals surface area contributed by atoms with Crippen LogP contribution in [0.3, 0.4) is 0 Å². The molecule has 126 valence electrons. The Balaban J connectivity index is 1.91. The summed E-state index contributed by atoms with van der Waals surface area (Å²) in [6.45, 7) is 4.45. The molecule has 1 atom stereocenters. The minimum Gasteiger partial charge on any atom is -0.309 e. The predicted molar refractivity (Wildman–Crippen MR) is 86.5 cm³/mol. The number of rotatable bonds is 6. The van der Waals surface area contributed by atoms with Gasteiger partial charge in [-0.2, -0.15) is 0 Å². The highest BCUT2D eigenvalue weighted by Crippen LogP contribution is 2.30. The second-order valence-corrected chi connectivity index (χ2v) is 6.31. The quantitative estimate of drug-likeness (QED) is 0.802. The normalized spacial score (nSPS) is 17.0. The molecule has 1 unspecified atom stereocenters. The number of hydrogen-bond acceptors (Lipinski definition) is 5. The van der Waals surface area contributed by atoms with Crippen LogP contribution in [-0.2, 0) is 22.7 Å². The summed E-state index contributed by atoms with van der Waals surface area (Å²) in [6.07, 6.45) is 0.760. The fourth-order valence-corrected chi connectivity index (χ4v) is 3.33. The molecule has 0 spiro atoms. The highest BCUT2D eigenvalue weighted by Gasteiger charge is 2.42. The Kier molecular flexibility index (Phi) is 4.32. The summed E-state index contributed by atoms with van der Waals surface area (Å²) in [5, 5.41) is 3.18. The van der Waals surface area contributed by atoms with Crippen LogP contribution in [0.4, 0.5) is 0 Å². The summed E-state index contributed by atoms with van der Waals surface area (Å²) in [6, 6.07) is 2.62. The third-order valence-electron chi connectivity index (χ3n) is 4.74. The fraction of sp³-hybridized carbons (Fsp3) is 0.444. The molecule has 3 rings (SSSR count). The lowest BCUT2D eigenvalue weighted by Gasteiger charge is -2.23. The van der Waals surface area contributed by atoms with Crippen molar-refractivity contribution in [2.45, 2.75) is 52.2 Å². The van der Waals surface area contributed by atoms with Crippen molar-refractivity contribution in [1.82, 2.24) is 10.2 Å². The van der Waals surface area contributed by atoms with E-state index in [2.05, 4.69) is 5.32 Å². The Morgan fingerprint density at radius 1 is 1.12 bits per heavy atom. The summed E-state index contributed by atoms with van der Waals surface area (Å²) < 4.78 is 0. The second kappa shape index (κ2) is 6.28. The number of imide groups is 1. The molecule has 6 nitrogen and oxygen atoms in total. The molecule has 24 heavy (non-hydrogen) atoms. The number of Topliss-reactive ketones (excluding diaryl/α,β-unsaturated/α-hetero) is 2. The van der Waals surface area contributed by atoms with Crippen LogP contribution in [0.5, 0.6) is 0 Å². The molecule has 0 saturated heterocycles. The average molecular weight is 328 g/mol. The van der Waals surface area contributed by atoms with E-state index in [4.69, 9.17) is 0 Å². The van der Waals surface area contributed by atoms with Crippen LogP contribution in [-0.4, -0.2) is 34.3 Å². The van der Waals surface area contributed by atoms with Crippen molar-refractivity contribution < 1.29 is 19.2 Å². The van der Waals surface area contributed by atoms with Crippen molar-refractivity contribution in [2.75, 3.05) is 0 Å². The Morgan fingerprint density at radius 3 is 2.12 bits per heavy atom. The summed E-state index contributed by atoms with van der Waals surface area (Å²) >= 11 is 0. The highest BCUT2D eigenvalue weighted by molar-refractivity contribution is 6.23. The van der Waals surface area contributed by atoms with Crippen molar-refractivity contribution in [3.8, 4) is 0 Å². The van der Waals surface area contributed by atoms with E-state index >= 15 is 0 Å². The zero-order valence-corrected chi connectivity index (χ0v) is 13.8. The van der Waals surface area contributed by atoms with Crippen molar-refractivity contribution >= 4 is 23.4 Å². The molecular formula is C18H20N2O4. The van der Waals surface area contributed by atoms with E-state index < -0.39 is 17.9 Å². The Bertz CT molecular complexity index is 711. The number of ketones is 2. The molecule has 2 aliphatic rings. The summed E-state index contributed by atoms with van der Waals surface area (Å²) in [7, 11) is 0. The monoisotopic (exact) mass is 328 g/mol. The van der Waals surface area contributed by atoms with Crippen LogP contribution < -0.4 is 5.32 Å². The molecule has 0 bridgehead atoms. The SMILES string of the molecule is CCC(=O)CCC(C(C)=O)N1C(=O)c2cc3c(cc2C1=O)CNC3. The smallest absolute Gasteiger partial charge is 0.262 e. The number of amides is 2. The number of benzene rings is 1. The second-order valence-electron chi connectivity index (χ2n) is 6.31. The van der Waals surface area contributed by atoms with Gasteiger partial charge in [0.2, 0.25) is 0 Å². The molecule has 2 aliphatic heterocycles. The van der Waals surface area contributed by atoms with Crippen molar-refractivity contribution in [3.05, 3.63) is 34.4 Å². The lowest BCUT2D eigenvalue weighted by Crippen LogP contribution is -2.44. The predicted octanol–water partition coefficient (Wildman–Crippen LogP) is 1.60. The van der Waals surface area contributed by atoms with Gasteiger partial charge < -0.3 is 5.32 Å². The maximum Gasteiger partial charge on any atom is 0.262 e. The average Bonchev–Trinajstić information content (AvgIpc) is 3.10. The molecule has 6 heteroatoms. The van der Waals surface area contributed by atoms with Crippen LogP contribution in [0.1, 0.15) is 65.0 Å². The molecule has 0 aliphatic carbocycles. The topological polar surface area (TPSA) is 83.6 Å². The van der Waals surface area contributed by atoms with Crippen molar-refractivity contribution in [2.24, 2.45) is 0 Å². The van der Waals surface area contributed by atoms with E-state index in [-0.39, 0.29) is 24.4 Å². The molecule has 1 N–H and O–H groups in total. The van der Waals surface area contributed by atoms with Gasteiger partial charge in [0.25, 0.3) is 11.8 Å². The molecule has 1 aromatic rings. The van der Waals surface area contributed by atoms with E-state index in [1.807, 2.05) is 0 Å². The van der Waals surface area contributed by atoms with E-state index in [9.17, 15) is 19.2 Å². The third kappa shape index (κ3) is 2.67. The van der Waals surface area contributed by atoms with E-state index in [1.54, 1.807) is 19.1 Å². The zero-order valence-electron chi connectivity index (χ0n) is 13.8. The van der Waals surface area contributed by atoms with Crippen molar-refractivity contribution in [3.63, 3.8) is 0 Å². The molecule has 0 saturated carbocycles. The molecule has 1 aromatic carbocycles. The molecule has 0 aromatic heterocycles. The Labute approximate surface area is 140 Å². The van der Waals surface area contributed by atoms with Gasteiger partial charge in [0, 0.05) is 25.9 Å². The Hall–Kier alpha value is -2.34. The van der Waals surface area contributed by atoms with Crippen LogP contribution >= 0.6 is 0 Å². The largest absolute Gasteiger partial charge is 0.309 e. The van der Waals surface area contributed by atoms with Gasteiger partial charge in [0.05, 0.1) is 17.2 Å². The van der Waals surface area contributed by atoms with Gasteiger partial charge in [-0.3, -0.25) is 24.1 Å². The molecule has 2 amide bonds. The first-order chi connectivity index (χ1) is 11.4. The van der Waals surface area contributed by atoms with Crippen LogP contribution in [0.2, 0.25) is 0 Å². The summed E-state index contributed by atoms with van der Waals surface area (Å²) in [4.78, 5) is 50.0. The van der Waals surface area contributed by atoms with Gasteiger partial charge in [-0.1, -0.05) is 6.92 Å². The van der Waals surface area contributed by atoms with E-state index in [0.29, 0.717) is 30.6 Å². The number of carbonyl (C=O) groups excluding carboxylic acids is 4. The number of nitrogens with one attached hydrogen (secondary N) is 1. The molecule has 0 fully saturated rings. The number of nitrogens with zero attached hydrogens (tertiary/aromatic N) is 1. The maximum absolute atomic E-state index is 12.7. The first-order valence-corrected chi connectivity index (χ1v) is 8.20.